The molecule has 0 radical (unpaired) electrons. The van der Waals surface area contributed by atoms with E-state index in [1.54, 1.807) is 16.7 Å². The highest BCUT2D eigenvalue weighted by Gasteiger charge is 2.27. The number of nitrogens with zero attached hydrogens (tertiary/aromatic N) is 1. The van der Waals surface area contributed by atoms with E-state index in [4.69, 9.17) is 0 Å². The first kappa shape index (κ1) is 17.2. The van der Waals surface area contributed by atoms with Crippen LogP contribution in [0.1, 0.15) is 19.8 Å². The number of amides is 2. The van der Waals surface area contributed by atoms with Crippen LogP contribution in [0.5, 0.6) is 0 Å². The van der Waals surface area contributed by atoms with Crippen LogP contribution in [-0.4, -0.2) is 24.1 Å². The average molecular weight is 359 g/mol. The number of anilines is 2. The largest absolute Gasteiger partial charge is 0.337 e. The predicted octanol–water partition coefficient (Wildman–Crippen LogP) is 5.53. The Balaban J connectivity index is 1.71. The Hall–Kier alpha value is -1.59. The van der Waals surface area contributed by atoms with Crippen molar-refractivity contribution in [3.8, 4) is 0 Å². The van der Waals surface area contributed by atoms with Crippen molar-refractivity contribution in [1.82, 2.24) is 5.32 Å². The molecule has 0 saturated heterocycles. The number of hydrogen-bond acceptors (Lipinski definition) is 3. The fourth-order valence-electron chi connectivity index (χ4n) is 2.58. The summed E-state index contributed by atoms with van der Waals surface area (Å²) in [4.78, 5) is 16.8. The van der Waals surface area contributed by atoms with E-state index in [0.717, 1.165) is 26.9 Å². The number of carbonyl (C=O) groups excluding carboxylic acids is 1. The molecule has 3 nitrogen and oxygen atoms in total. The van der Waals surface area contributed by atoms with E-state index in [1.165, 1.54) is 18.6 Å². The molecule has 1 N–H and O–H groups in total. The summed E-state index contributed by atoms with van der Waals surface area (Å²) in [5.74, 6) is 2.12. The summed E-state index contributed by atoms with van der Waals surface area (Å²) < 4.78 is 0. The van der Waals surface area contributed by atoms with Crippen molar-refractivity contribution in [2.75, 3.05) is 23.0 Å². The van der Waals surface area contributed by atoms with E-state index in [0.29, 0.717) is 6.54 Å². The Bertz CT molecular complexity index is 660. The Morgan fingerprint density at radius 1 is 1.04 bits per heavy atom. The van der Waals surface area contributed by atoms with Gasteiger partial charge in [-0.05, 0) is 36.4 Å². The zero-order chi connectivity index (χ0) is 16.8. The summed E-state index contributed by atoms with van der Waals surface area (Å²) in [7, 11) is 0. The summed E-state index contributed by atoms with van der Waals surface area (Å²) in [6.45, 7) is 2.90. The van der Waals surface area contributed by atoms with Crippen LogP contribution in [0.3, 0.4) is 0 Å². The average Bonchev–Trinajstić information content (AvgIpc) is 2.62. The molecule has 0 spiro atoms. The maximum Gasteiger partial charge on any atom is 0.326 e. The maximum absolute atomic E-state index is 12.8. The normalized spacial score (nSPS) is 12.5. The lowest BCUT2D eigenvalue weighted by Gasteiger charge is -2.31. The van der Waals surface area contributed by atoms with Gasteiger partial charge in [-0.2, -0.15) is 11.8 Å². The van der Waals surface area contributed by atoms with E-state index >= 15 is 0 Å². The van der Waals surface area contributed by atoms with Gasteiger partial charge in [-0.3, -0.25) is 4.90 Å². The van der Waals surface area contributed by atoms with Gasteiger partial charge in [0.25, 0.3) is 0 Å². The Morgan fingerprint density at radius 2 is 1.67 bits per heavy atom. The number of unbranched alkanes of at least 4 members (excludes halogenated alkanes) is 1. The first-order valence-corrected chi connectivity index (χ1v) is 10.3. The fourth-order valence-corrected chi connectivity index (χ4v) is 4.58. The van der Waals surface area contributed by atoms with E-state index in [1.807, 2.05) is 48.2 Å². The third-order valence-electron chi connectivity index (χ3n) is 3.80. The van der Waals surface area contributed by atoms with Gasteiger partial charge in [0.15, 0.2) is 0 Å². The summed E-state index contributed by atoms with van der Waals surface area (Å²) in [6, 6.07) is 16.1. The monoisotopic (exact) mass is 358 g/mol. The predicted molar refractivity (Wildman–Crippen MR) is 105 cm³/mol. The van der Waals surface area contributed by atoms with Crippen molar-refractivity contribution in [2.45, 2.75) is 29.6 Å². The van der Waals surface area contributed by atoms with Crippen LogP contribution in [0.15, 0.2) is 58.3 Å². The number of hydrogen-bond donors (Lipinski definition) is 1. The molecular weight excluding hydrogens is 336 g/mol. The molecular formula is C19H22N2OS2. The molecule has 0 aliphatic carbocycles. The van der Waals surface area contributed by atoms with Gasteiger partial charge in [0.1, 0.15) is 0 Å². The number of thioether (sulfide) groups is 1. The highest BCUT2D eigenvalue weighted by molar-refractivity contribution is 7.99. The van der Waals surface area contributed by atoms with Gasteiger partial charge in [-0.15, -0.1) is 0 Å². The highest BCUT2D eigenvalue weighted by atomic mass is 32.2. The Kier molecular flexibility index (Phi) is 6.10. The van der Waals surface area contributed by atoms with Crippen LogP contribution >= 0.6 is 23.5 Å². The topological polar surface area (TPSA) is 32.3 Å². The SMILES string of the molecule is CCCCSCCNC(=O)N1c2ccccc2Sc2ccccc21. The van der Waals surface area contributed by atoms with E-state index in [2.05, 4.69) is 24.4 Å². The molecule has 1 aliphatic rings. The van der Waals surface area contributed by atoms with Gasteiger partial charge in [-0.25, -0.2) is 4.79 Å². The molecule has 0 unspecified atom stereocenters. The lowest BCUT2D eigenvalue weighted by Crippen LogP contribution is -2.39. The molecule has 0 aromatic heterocycles. The number of nitrogens with one attached hydrogen (secondary N) is 1. The maximum atomic E-state index is 12.8. The quantitative estimate of drug-likeness (QED) is 0.689. The molecule has 1 aliphatic heterocycles. The Morgan fingerprint density at radius 3 is 2.29 bits per heavy atom. The number of benzene rings is 2. The second-order valence-electron chi connectivity index (χ2n) is 5.57. The first-order chi connectivity index (χ1) is 11.8. The third-order valence-corrected chi connectivity index (χ3v) is 6.00. The van der Waals surface area contributed by atoms with Crippen LogP contribution in [0.2, 0.25) is 0 Å². The van der Waals surface area contributed by atoms with Crippen LogP contribution in [0.25, 0.3) is 0 Å². The van der Waals surface area contributed by atoms with Crippen LogP contribution < -0.4 is 10.2 Å². The number of carbonyl (C=O) groups is 1. The number of rotatable bonds is 6. The van der Waals surface area contributed by atoms with Crippen molar-refractivity contribution in [3.63, 3.8) is 0 Å². The van der Waals surface area contributed by atoms with Crippen molar-refractivity contribution in [1.29, 1.82) is 0 Å². The van der Waals surface area contributed by atoms with Gasteiger partial charge >= 0.3 is 6.03 Å². The van der Waals surface area contributed by atoms with Gasteiger partial charge in [0, 0.05) is 22.1 Å². The second-order valence-corrected chi connectivity index (χ2v) is 7.88. The number of para-hydroxylation sites is 2. The summed E-state index contributed by atoms with van der Waals surface area (Å²) in [5, 5.41) is 3.07. The highest BCUT2D eigenvalue weighted by Crippen LogP contribution is 2.47. The molecule has 0 fully saturated rings. The lowest BCUT2D eigenvalue weighted by molar-refractivity contribution is 0.249. The molecule has 2 aromatic rings. The molecule has 2 amide bonds. The van der Waals surface area contributed by atoms with Gasteiger partial charge < -0.3 is 5.32 Å². The van der Waals surface area contributed by atoms with Gasteiger partial charge in [0.2, 0.25) is 0 Å². The van der Waals surface area contributed by atoms with Gasteiger partial charge in [0.05, 0.1) is 11.4 Å². The van der Waals surface area contributed by atoms with E-state index in [-0.39, 0.29) is 6.03 Å². The summed E-state index contributed by atoms with van der Waals surface area (Å²) >= 11 is 3.62. The Labute approximate surface area is 152 Å². The molecule has 0 saturated carbocycles. The minimum absolute atomic E-state index is 0.0497. The molecule has 5 heteroatoms. The zero-order valence-corrected chi connectivity index (χ0v) is 15.5. The van der Waals surface area contributed by atoms with Crippen LogP contribution in [-0.2, 0) is 0 Å². The summed E-state index contributed by atoms with van der Waals surface area (Å²) in [6.07, 6.45) is 2.46. The van der Waals surface area contributed by atoms with Crippen molar-refractivity contribution in [3.05, 3.63) is 48.5 Å². The van der Waals surface area contributed by atoms with E-state index < -0.39 is 0 Å². The van der Waals surface area contributed by atoms with E-state index in [9.17, 15) is 4.79 Å². The molecule has 3 rings (SSSR count). The molecule has 126 valence electrons. The number of urea groups is 1. The van der Waals surface area contributed by atoms with Crippen LogP contribution in [0, 0.1) is 0 Å². The fraction of sp³-hybridized carbons (Fsp3) is 0.316. The minimum atomic E-state index is -0.0497. The lowest BCUT2D eigenvalue weighted by atomic mass is 10.2. The number of fused-ring (bicyclic) bond motifs is 2. The summed E-state index contributed by atoms with van der Waals surface area (Å²) in [5.41, 5.74) is 1.91. The van der Waals surface area contributed by atoms with Crippen LogP contribution in [0.4, 0.5) is 16.2 Å². The minimum Gasteiger partial charge on any atom is -0.337 e. The molecule has 1 heterocycles. The molecule has 24 heavy (non-hydrogen) atoms. The van der Waals surface area contributed by atoms with Crippen molar-refractivity contribution in [2.24, 2.45) is 0 Å². The van der Waals surface area contributed by atoms with Gasteiger partial charge in [-0.1, -0.05) is 49.4 Å². The zero-order valence-electron chi connectivity index (χ0n) is 13.8. The first-order valence-electron chi connectivity index (χ1n) is 8.33. The third kappa shape index (κ3) is 3.90. The molecule has 0 atom stereocenters. The van der Waals surface area contributed by atoms with Crippen molar-refractivity contribution >= 4 is 40.9 Å². The smallest absolute Gasteiger partial charge is 0.326 e. The molecule has 2 aromatic carbocycles. The second kappa shape index (κ2) is 8.49. The van der Waals surface area contributed by atoms with Crippen molar-refractivity contribution < 1.29 is 4.79 Å². The standard InChI is InChI=1S/C19H22N2OS2/c1-2-3-13-23-14-12-20-19(22)21-15-8-4-6-10-17(15)24-18-11-7-5-9-16(18)21/h4-11H,2-3,12-14H2,1H3,(H,20,22). The molecule has 0 bridgehead atoms.